The van der Waals surface area contributed by atoms with E-state index in [0.29, 0.717) is 12.6 Å². The van der Waals surface area contributed by atoms with Gasteiger partial charge in [0, 0.05) is 12.6 Å². The highest BCUT2D eigenvalue weighted by Gasteiger charge is 2.19. The fourth-order valence-electron chi connectivity index (χ4n) is 1.96. The number of nitrogens with zero attached hydrogens (tertiary/aromatic N) is 2. The van der Waals surface area contributed by atoms with Crippen LogP contribution in [0.25, 0.3) is 0 Å². The van der Waals surface area contributed by atoms with E-state index in [0.717, 1.165) is 25.6 Å². The summed E-state index contributed by atoms with van der Waals surface area (Å²) in [5.41, 5.74) is 0. The minimum Gasteiger partial charge on any atom is -0.314 e. The van der Waals surface area contributed by atoms with Crippen LogP contribution in [0.3, 0.4) is 0 Å². The molecule has 0 aliphatic carbocycles. The molecule has 0 saturated carbocycles. The molecule has 14 heavy (non-hydrogen) atoms. The Kier molecular flexibility index (Phi) is 4.92. The first kappa shape index (κ1) is 11.5. The smallest absolute Gasteiger partial charge is 0.0866 e. The second kappa shape index (κ2) is 6.00. The number of hydrogen-bond acceptors (Lipinski definition) is 3. The Balaban J connectivity index is 2.22. The summed E-state index contributed by atoms with van der Waals surface area (Å²) in [6.45, 7) is 8.24. The molecule has 1 fully saturated rings. The molecular formula is C11H21N3. The van der Waals surface area contributed by atoms with Crippen molar-refractivity contribution in [3.63, 3.8) is 0 Å². The van der Waals surface area contributed by atoms with Gasteiger partial charge in [0.15, 0.2) is 0 Å². The van der Waals surface area contributed by atoms with Crippen molar-refractivity contribution < 1.29 is 0 Å². The van der Waals surface area contributed by atoms with Gasteiger partial charge in [0.05, 0.1) is 12.6 Å². The lowest BCUT2D eigenvalue weighted by Gasteiger charge is -2.31. The summed E-state index contributed by atoms with van der Waals surface area (Å²) < 4.78 is 0. The Morgan fingerprint density at radius 2 is 2.36 bits per heavy atom. The molecule has 0 bridgehead atoms. The average Bonchev–Trinajstić information content (AvgIpc) is 2.16. The molecule has 1 saturated heterocycles. The highest BCUT2D eigenvalue weighted by atomic mass is 15.1. The van der Waals surface area contributed by atoms with E-state index in [1.54, 1.807) is 0 Å². The first-order valence-corrected chi connectivity index (χ1v) is 5.55. The van der Waals surface area contributed by atoms with Crippen molar-refractivity contribution >= 4 is 0 Å². The second-order valence-electron chi connectivity index (χ2n) is 4.46. The van der Waals surface area contributed by atoms with E-state index in [4.69, 9.17) is 5.26 Å². The molecule has 3 nitrogen and oxygen atoms in total. The molecule has 0 spiro atoms. The Bertz CT molecular complexity index is 195. The molecular weight excluding hydrogens is 174 g/mol. The van der Waals surface area contributed by atoms with Crippen LogP contribution in [-0.2, 0) is 0 Å². The zero-order valence-corrected chi connectivity index (χ0v) is 9.29. The fraction of sp³-hybridized carbons (Fsp3) is 0.909. The maximum absolute atomic E-state index is 8.62. The monoisotopic (exact) mass is 195 g/mol. The van der Waals surface area contributed by atoms with E-state index in [9.17, 15) is 0 Å². The minimum atomic E-state index is 0.571. The predicted molar refractivity (Wildman–Crippen MR) is 57.9 cm³/mol. The standard InChI is InChI=1S/C11H21N3/c1-10(2)13-8-11-4-3-6-14(9-11)7-5-12/h10-11,13H,3-4,6-9H2,1-2H3. The van der Waals surface area contributed by atoms with Gasteiger partial charge in [-0.15, -0.1) is 0 Å². The van der Waals surface area contributed by atoms with Crippen LogP contribution >= 0.6 is 0 Å². The molecule has 1 aliphatic rings. The zero-order chi connectivity index (χ0) is 10.4. The first-order valence-electron chi connectivity index (χ1n) is 5.55. The van der Waals surface area contributed by atoms with Gasteiger partial charge in [-0.3, -0.25) is 4.90 Å². The summed E-state index contributed by atoms with van der Waals surface area (Å²) in [5.74, 6) is 0.736. The molecule has 1 atom stereocenters. The SMILES string of the molecule is CC(C)NCC1CCCN(CC#N)C1. The Hall–Kier alpha value is -0.590. The summed E-state index contributed by atoms with van der Waals surface area (Å²) in [6.07, 6.45) is 2.55. The van der Waals surface area contributed by atoms with E-state index in [-0.39, 0.29) is 0 Å². The van der Waals surface area contributed by atoms with Crippen molar-refractivity contribution in [3.8, 4) is 6.07 Å². The van der Waals surface area contributed by atoms with Crippen LogP contribution in [0.1, 0.15) is 26.7 Å². The van der Waals surface area contributed by atoms with Gasteiger partial charge in [-0.1, -0.05) is 13.8 Å². The lowest BCUT2D eigenvalue weighted by atomic mass is 9.98. The van der Waals surface area contributed by atoms with Gasteiger partial charge in [-0.2, -0.15) is 5.26 Å². The average molecular weight is 195 g/mol. The largest absolute Gasteiger partial charge is 0.314 e. The number of likely N-dealkylation sites (tertiary alicyclic amines) is 1. The van der Waals surface area contributed by atoms with E-state index in [1.165, 1.54) is 12.8 Å². The van der Waals surface area contributed by atoms with Crippen molar-refractivity contribution in [2.75, 3.05) is 26.2 Å². The van der Waals surface area contributed by atoms with Crippen LogP contribution in [-0.4, -0.2) is 37.1 Å². The van der Waals surface area contributed by atoms with Crippen LogP contribution < -0.4 is 5.32 Å². The molecule has 1 unspecified atom stereocenters. The highest BCUT2D eigenvalue weighted by Crippen LogP contribution is 2.15. The van der Waals surface area contributed by atoms with Gasteiger partial charge in [0.25, 0.3) is 0 Å². The molecule has 1 N–H and O–H groups in total. The van der Waals surface area contributed by atoms with Gasteiger partial charge in [0.1, 0.15) is 0 Å². The second-order valence-corrected chi connectivity index (χ2v) is 4.46. The van der Waals surface area contributed by atoms with Gasteiger partial charge >= 0.3 is 0 Å². The van der Waals surface area contributed by atoms with Crippen molar-refractivity contribution in [2.45, 2.75) is 32.7 Å². The molecule has 0 radical (unpaired) electrons. The maximum atomic E-state index is 8.62. The summed E-state index contributed by atoms with van der Waals surface area (Å²) in [7, 11) is 0. The molecule has 80 valence electrons. The number of hydrogen-bond donors (Lipinski definition) is 1. The van der Waals surface area contributed by atoms with Gasteiger partial charge in [-0.25, -0.2) is 0 Å². The van der Waals surface area contributed by atoms with Crippen LogP contribution in [0.2, 0.25) is 0 Å². The summed E-state index contributed by atoms with van der Waals surface area (Å²) in [6, 6.07) is 2.80. The molecule has 0 aromatic carbocycles. The molecule has 0 aromatic heterocycles. The predicted octanol–water partition coefficient (Wildman–Crippen LogP) is 1.22. The van der Waals surface area contributed by atoms with Crippen LogP contribution in [0.15, 0.2) is 0 Å². The Morgan fingerprint density at radius 1 is 1.57 bits per heavy atom. The third kappa shape index (κ3) is 4.08. The van der Waals surface area contributed by atoms with E-state index in [1.807, 2.05) is 0 Å². The Morgan fingerprint density at radius 3 is 3.00 bits per heavy atom. The van der Waals surface area contributed by atoms with Crippen LogP contribution in [0.4, 0.5) is 0 Å². The summed E-state index contributed by atoms with van der Waals surface area (Å²) in [4.78, 5) is 2.26. The number of nitriles is 1. The van der Waals surface area contributed by atoms with Gasteiger partial charge < -0.3 is 5.32 Å². The minimum absolute atomic E-state index is 0.571. The number of nitrogens with one attached hydrogen (secondary N) is 1. The molecule has 1 aliphatic heterocycles. The summed E-state index contributed by atoms with van der Waals surface area (Å²) in [5, 5.41) is 12.1. The maximum Gasteiger partial charge on any atom is 0.0866 e. The van der Waals surface area contributed by atoms with E-state index in [2.05, 4.69) is 30.1 Å². The third-order valence-corrected chi connectivity index (χ3v) is 2.71. The van der Waals surface area contributed by atoms with Gasteiger partial charge in [0.2, 0.25) is 0 Å². The van der Waals surface area contributed by atoms with Crippen LogP contribution in [0.5, 0.6) is 0 Å². The lowest BCUT2D eigenvalue weighted by Crippen LogP contribution is -2.41. The van der Waals surface area contributed by atoms with Crippen molar-refractivity contribution in [1.29, 1.82) is 5.26 Å². The first-order chi connectivity index (χ1) is 6.72. The van der Waals surface area contributed by atoms with Crippen molar-refractivity contribution in [3.05, 3.63) is 0 Å². The lowest BCUT2D eigenvalue weighted by molar-refractivity contribution is 0.188. The van der Waals surface area contributed by atoms with E-state index < -0.39 is 0 Å². The summed E-state index contributed by atoms with van der Waals surface area (Å²) >= 11 is 0. The highest BCUT2D eigenvalue weighted by molar-refractivity contribution is 4.82. The van der Waals surface area contributed by atoms with Crippen LogP contribution in [0, 0.1) is 17.2 Å². The molecule has 1 heterocycles. The number of rotatable bonds is 4. The Labute approximate surface area is 87.1 Å². The van der Waals surface area contributed by atoms with Crippen molar-refractivity contribution in [1.82, 2.24) is 10.2 Å². The normalized spacial score (nSPS) is 23.7. The quantitative estimate of drug-likeness (QED) is 0.686. The van der Waals surface area contributed by atoms with Gasteiger partial charge in [-0.05, 0) is 31.8 Å². The number of piperidine rings is 1. The molecule has 3 heteroatoms. The topological polar surface area (TPSA) is 39.1 Å². The molecule has 0 amide bonds. The third-order valence-electron chi connectivity index (χ3n) is 2.71. The fourth-order valence-corrected chi connectivity index (χ4v) is 1.96. The molecule has 1 rings (SSSR count). The zero-order valence-electron chi connectivity index (χ0n) is 9.29. The van der Waals surface area contributed by atoms with E-state index >= 15 is 0 Å². The van der Waals surface area contributed by atoms with Crippen molar-refractivity contribution in [2.24, 2.45) is 5.92 Å². The molecule has 0 aromatic rings.